The summed E-state index contributed by atoms with van der Waals surface area (Å²) in [6.45, 7) is 2.67. The van der Waals surface area contributed by atoms with Crippen molar-refractivity contribution in [1.29, 1.82) is 0 Å². The molecule has 0 bridgehead atoms. The van der Waals surface area contributed by atoms with Gasteiger partial charge in [0.05, 0.1) is 10.7 Å². The number of piperidine rings is 1. The van der Waals surface area contributed by atoms with E-state index in [9.17, 15) is 9.59 Å². The Morgan fingerprint density at radius 3 is 2.86 bits per heavy atom. The molecule has 0 saturated carbocycles. The average Bonchev–Trinajstić information content (AvgIpc) is 2.49. The number of nitrogen functional groups attached to an aromatic ring is 1. The lowest BCUT2D eigenvalue weighted by atomic mass is 10.00. The van der Waals surface area contributed by atoms with Crippen molar-refractivity contribution in [3.63, 3.8) is 0 Å². The van der Waals surface area contributed by atoms with Crippen molar-refractivity contribution in [1.82, 2.24) is 4.90 Å². The second kappa shape index (κ2) is 6.80. The Kier molecular flexibility index (Phi) is 5.07. The van der Waals surface area contributed by atoms with E-state index in [0.29, 0.717) is 22.9 Å². The summed E-state index contributed by atoms with van der Waals surface area (Å²) in [5.41, 5.74) is 6.50. The first-order chi connectivity index (χ1) is 10.0. The third-order valence-electron chi connectivity index (χ3n) is 3.79. The van der Waals surface area contributed by atoms with Crippen LogP contribution in [0.1, 0.15) is 32.6 Å². The van der Waals surface area contributed by atoms with E-state index in [1.54, 1.807) is 17.0 Å². The van der Waals surface area contributed by atoms with Gasteiger partial charge in [0.15, 0.2) is 0 Å². The zero-order valence-corrected chi connectivity index (χ0v) is 12.8. The molecule has 1 atom stereocenters. The van der Waals surface area contributed by atoms with Gasteiger partial charge in [0, 0.05) is 18.3 Å². The monoisotopic (exact) mass is 309 g/mol. The summed E-state index contributed by atoms with van der Waals surface area (Å²) in [5, 5.41) is 2.88. The highest BCUT2D eigenvalue weighted by atomic mass is 35.5. The average molecular weight is 310 g/mol. The maximum absolute atomic E-state index is 12.3. The lowest BCUT2D eigenvalue weighted by Gasteiger charge is -2.34. The van der Waals surface area contributed by atoms with Crippen LogP contribution in [0.5, 0.6) is 0 Å². The summed E-state index contributed by atoms with van der Waals surface area (Å²) < 4.78 is 0. The number of carbonyl (C=O) groups excluding carboxylic acids is 2. The quantitative estimate of drug-likeness (QED) is 0.651. The van der Waals surface area contributed by atoms with E-state index >= 15 is 0 Å². The Labute approximate surface area is 129 Å². The first-order valence-corrected chi connectivity index (χ1v) is 7.57. The molecule has 114 valence electrons. The fourth-order valence-corrected chi connectivity index (χ4v) is 2.87. The second-order valence-electron chi connectivity index (χ2n) is 5.25. The van der Waals surface area contributed by atoms with Crippen LogP contribution in [0.4, 0.5) is 11.4 Å². The summed E-state index contributed by atoms with van der Waals surface area (Å²) in [7, 11) is 0. The van der Waals surface area contributed by atoms with Crippen LogP contribution >= 0.6 is 11.6 Å². The SMILES string of the molecule is CCC1CCCCN1C(=O)C(=O)Nc1ccc(N)cc1Cl. The van der Waals surface area contributed by atoms with Gasteiger partial charge >= 0.3 is 11.8 Å². The van der Waals surface area contributed by atoms with Gasteiger partial charge in [0.25, 0.3) is 0 Å². The normalized spacial score (nSPS) is 18.4. The standard InChI is InChI=1S/C15H20ClN3O2/c1-2-11-5-3-4-8-19(11)15(21)14(20)18-13-7-6-10(17)9-12(13)16/h6-7,9,11H,2-5,8,17H2,1H3,(H,18,20). The molecule has 0 aliphatic carbocycles. The number of carbonyl (C=O) groups is 2. The number of hydrogen-bond acceptors (Lipinski definition) is 3. The molecule has 1 aliphatic rings. The second-order valence-corrected chi connectivity index (χ2v) is 5.66. The maximum atomic E-state index is 12.3. The van der Waals surface area contributed by atoms with E-state index in [-0.39, 0.29) is 6.04 Å². The van der Waals surface area contributed by atoms with Crippen molar-refractivity contribution < 1.29 is 9.59 Å². The molecule has 21 heavy (non-hydrogen) atoms. The fraction of sp³-hybridized carbons (Fsp3) is 0.467. The molecule has 1 aromatic carbocycles. The largest absolute Gasteiger partial charge is 0.399 e. The smallest absolute Gasteiger partial charge is 0.313 e. The molecule has 0 radical (unpaired) electrons. The van der Waals surface area contributed by atoms with Gasteiger partial charge in [-0.3, -0.25) is 9.59 Å². The van der Waals surface area contributed by atoms with Gasteiger partial charge in [-0.1, -0.05) is 18.5 Å². The van der Waals surface area contributed by atoms with Crippen LogP contribution in [0.2, 0.25) is 5.02 Å². The molecule has 1 aliphatic heterocycles. The summed E-state index contributed by atoms with van der Waals surface area (Å²) in [6.07, 6.45) is 3.87. The first-order valence-electron chi connectivity index (χ1n) is 7.20. The fourth-order valence-electron chi connectivity index (χ4n) is 2.63. The number of likely N-dealkylation sites (tertiary alicyclic amines) is 1. The highest BCUT2D eigenvalue weighted by Crippen LogP contribution is 2.25. The highest BCUT2D eigenvalue weighted by molar-refractivity contribution is 6.41. The van der Waals surface area contributed by atoms with Gasteiger partial charge in [-0.25, -0.2) is 0 Å². The third-order valence-corrected chi connectivity index (χ3v) is 4.11. The van der Waals surface area contributed by atoms with Crippen LogP contribution in [0.25, 0.3) is 0 Å². The Bertz CT molecular complexity index is 548. The molecule has 2 amide bonds. The molecule has 1 heterocycles. The molecule has 3 N–H and O–H groups in total. The molecular weight excluding hydrogens is 290 g/mol. The molecule has 1 saturated heterocycles. The van der Waals surface area contributed by atoms with Crippen molar-refractivity contribution in [2.45, 2.75) is 38.6 Å². The van der Waals surface area contributed by atoms with E-state index in [2.05, 4.69) is 5.32 Å². The zero-order valence-electron chi connectivity index (χ0n) is 12.1. The van der Waals surface area contributed by atoms with E-state index in [1.807, 2.05) is 6.92 Å². The van der Waals surface area contributed by atoms with Gasteiger partial charge in [-0.2, -0.15) is 0 Å². The number of nitrogens with two attached hydrogens (primary N) is 1. The molecule has 6 heteroatoms. The number of anilines is 2. The molecule has 5 nitrogen and oxygen atoms in total. The maximum Gasteiger partial charge on any atom is 0.313 e. The lowest BCUT2D eigenvalue weighted by Crippen LogP contribution is -2.48. The number of nitrogens with zero attached hydrogens (tertiary/aromatic N) is 1. The van der Waals surface area contributed by atoms with E-state index < -0.39 is 11.8 Å². The topological polar surface area (TPSA) is 75.4 Å². The van der Waals surface area contributed by atoms with Gasteiger partial charge in [-0.05, 0) is 43.9 Å². The predicted molar refractivity (Wildman–Crippen MR) is 84.1 cm³/mol. The number of halogens is 1. The number of amides is 2. The number of benzene rings is 1. The molecule has 1 fully saturated rings. The first kappa shape index (κ1) is 15.6. The molecular formula is C15H20ClN3O2. The van der Waals surface area contributed by atoms with Crippen LogP contribution in [-0.2, 0) is 9.59 Å². The number of hydrogen-bond donors (Lipinski definition) is 2. The summed E-state index contributed by atoms with van der Waals surface area (Å²) in [6, 6.07) is 4.91. The Hall–Kier alpha value is -1.75. The lowest BCUT2D eigenvalue weighted by molar-refractivity contribution is -0.145. The predicted octanol–water partition coefficient (Wildman–Crippen LogP) is 2.65. The van der Waals surface area contributed by atoms with E-state index in [4.69, 9.17) is 17.3 Å². The minimum atomic E-state index is -0.651. The zero-order chi connectivity index (χ0) is 15.4. The van der Waals surface area contributed by atoms with Crippen LogP contribution in [0, 0.1) is 0 Å². The van der Waals surface area contributed by atoms with E-state index in [0.717, 1.165) is 25.7 Å². The van der Waals surface area contributed by atoms with Crippen molar-refractivity contribution in [3.05, 3.63) is 23.2 Å². The Morgan fingerprint density at radius 2 is 2.19 bits per heavy atom. The van der Waals surface area contributed by atoms with Crippen LogP contribution in [0.15, 0.2) is 18.2 Å². The minimum absolute atomic E-state index is 0.152. The van der Waals surface area contributed by atoms with Crippen LogP contribution < -0.4 is 11.1 Å². The number of nitrogens with one attached hydrogen (secondary N) is 1. The van der Waals surface area contributed by atoms with Gasteiger partial charge in [0.2, 0.25) is 0 Å². The molecule has 0 aromatic heterocycles. The van der Waals surface area contributed by atoms with Crippen molar-refractivity contribution >= 4 is 34.8 Å². The molecule has 1 unspecified atom stereocenters. The Balaban J connectivity index is 2.06. The molecule has 1 aromatic rings. The van der Waals surface area contributed by atoms with Crippen molar-refractivity contribution in [3.8, 4) is 0 Å². The summed E-state index contributed by atoms with van der Waals surface area (Å²) in [5.74, 6) is -1.14. The third kappa shape index (κ3) is 3.67. The molecule has 0 spiro atoms. The number of rotatable bonds is 2. The van der Waals surface area contributed by atoms with Gasteiger partial charge < -0.3 is 16.0 Å². The highest BCUT2D eigenvalue weighted by Gasteiger charge is 2.29. The van der Waals surface area contributed by atoms with E-state index in [1.165, 1.54) is 6.07 Å². The summed E-state index contributed by atoms with van der Waals surface area (Å²) in [4.78, 5) is 26.1. The summed E-state index contributed by atoms with van der Waals surface area (Å²) >= 11 is 6.00. The molecule has 2 rings (SSSR count). The van der Waals surface area contributed by atoms with Crippen molar-refractivity contribution in [2.24, 2.45) is 0 Å². The Morgan fingerprint density at radius 1 is 1.43 bits per heavy atom. The van der Waals surface area contributed by atoms with Crippen LogP contribution in [-0.4, -0.2) is 29.3 Å². The van der Waals surface area contributed by atoms with Gasteiger partial charge in [0.1, 0.15) is 0 Å². The van der Waals surface area contributed by atoms with Crippen LogP contribution in [0.3, 0.4) is 0 Å². The minimum Gasteiger partial charge on any atom is -0.399 e. The van der Waals surface area contributed by atoms with Crippen molar-refractivity contribution in [2.75, 3.05) is 17.6 Å². The van der Waals surface area contributed by atoms with Gasteiger partial charge in [-0.15, -0.1) is 0 Å².